The fourth-order valence-electron chi connectivity index (χ4n) is 12.9. The fourth-order valence-corrected chi connectivity index (χ4v) is 19.2. The Labute approximate surface area is 741 Å². The van der Waals surface area contributed by atoms with Gasteiger partial charge in [0.1, 0.15) is 0 Å². The molecule has 5 radical (unpaired) electrons. The molecule has 1 aliphatic carbocycles. The Bertz CT molecular complexity index is 5290. The topological polar surface area (TPSA) is 64.5 Å². The van der Waals surface area contributed by atoms with Gasteiger partial charge in [-0.25, -0.2) is 0 Å². The summed E-state index contributed by atoms with van der Waals surface area (Å²) in [5, 5.41) is 6.74. The Hall–Kier alpha value is -5.38. The smallest absolute Gasteiger partial charge is 0.0803 e. The molecule has 0 atom stereocenters. The number of hydrogen-bond donors (Lipinski definition) is 0. The molecule has 0 spiro atoms. The van der Waals surface area contributed by atoms with Crippen molar-refractivity contribution in [1.82, 2.24) is 24.9 Å². The molecule has 12 aromatic rings. The molecule has 581 valence electrons. The van der Waals surface area contributed by atoms with Crippen LogP contribution in [-0.4, -0.2) is 65.3 Å². The minimum absolute atomic E-state index is 0. The molecular weight excluding hydrogens is 2300 g/mol. The van der Waals surface area contributed by atoms with E-state index in [2.05, 4.69) is 258 Å². The van der Waals surface area contributed by atoms with Gasteiger partial charge in [-0.3, -0.25) is 0 Å². The van der Waals surface area contributed by atoms with Crippen molar-refractivity contribution in [2.24, 2.45) is 0 Å². The van der Waals surface area contributed by atoms with Crippen LogP contribution < -0.4 is 25.9 Å². The Morgan fingerprint density at radius 2 is 0.752 bits per heavy atom. The molecule has 0 unspecified atom stereocenters. The van der Waals surface area contributed by atoms with E-state index in [0.29, 0.717) is 34.0 Å². The van der Waals surface area contributed by atoms with Gasteiger partial charge >= 0.3 is 0 Å². The summed E-state index contributed by atoms with van der Waals surface area (Å²) in [4.78, 5) is 23.4. The number of hydrogen-bond acceptors (Lipinski definition) is 5. The van der Waals surface area contributed by atoms with E-state index in [1.54, 1.807) is 18.2 Å². The number of rotatable bonds is 13. The first kappa shape index (κ1) is 81.6. The number of aryl methyl sites for hydroxylation is 6. The zero-order chi connectivity index (χ0) is 83.0. The van der Waals surface area contributed by atoms with Crippen molar-refractivity contribution in [1.29, 1.82) is 0 Å². The normalized spacial score (nSPS) is 13.2. The van der Waals surface area contributed by atoms with Crippen molar-refractivity contribution in [2.75, 3.05) is 0 Å². The van der Waals surface area contributed by atoms with E-state index in [1.165, 1.54) is 97.0 Å². The number of aromatic nitrogens is 5. The van der Waals surface area contributed by atoms with Crippen LogP contribution in [0.4, 0.5) is 0 Å². The molecule has 0 aliphatic heterocycles. The van der Waals surface area contributed by atoms with Crippen molar-refractivity contribution in [3.05, 3.63) is 288 Å². The number of pyridine rings is 5. The number of benzene rings is 7. The van der Waals surface area contributed by atoms with Gasteiger partial charge in [0.15, 0.2) is 0 Å². The van der Waals surface area contributed by atoms with Gasteiger partial charge in [0.2, 0.25) is 0 Å². The van der Waals surface area contributed by atoms with Crippen LogP contribution in [0.25, 0.3) is 78.5 Å². The summed E-state index contributed by atoms with van der Waals surface area (Å²) < 4.78 is 70.5. The zero-order valence-electron chi connectivity index (χ0n) is 76.1. The first-order valence-corrected chi connectivity index (χ1v) is 54.0. The van der Waals surface area contributed by atoms with Crippen molar-refractivity contribution in [3.8, 4) is 78.5 Å². The van der Waals surface area contributed by atoms with Crippen LogP contribution in [-0.2, 0) is 101 Å². The predicted octanol–water partition coefficient (Wildman–Crippen LogP) is 22.7. The molecule has 0 saturated heterocycles. The van der Waals surface area contributed by atoms with E-state index in [9.17, 15) is 0 Å². The third-order valence-corrected chi connectivity index (χ3v) is 28.8. The van der Waals surface area contributed by atoms with Crippen molar-refractivity contribution < 1.29 is 113 Å². The second-order valence-electron chi connectivity index (χ2n) is 32.7. The van der Waals surface area contributed by atoms with Crippen molar-refractivity contribution in [2.45, 2.75) is 178 Å². The molecule has 1 aliphatic rings. The second kappa shape index (κ2) is 43.2. The molecule has 0 N–H and O–H groups in total. The summed E-state index contributed by atoms with van der Waals surface area (Å²) in [6.45, 7) is 47.6. The monoisotopic (exact) mass is 2420 g/mol. The summed E-state index contributed by atoms with van der Waals surface area (Å²) in [7, 11) is -7.16. The zero-order valence-corrected chi connectivity index (χ0v) is 84.1. The fraction of sp³-hybridized carbons (Fsp3) is 0.287. The first-order valence-electron chi connectivity index (χ1n) is 41.0. The van der Waals surface area contributed by atoms with Gasteiger partial charge in [-0.1, -0.05) is 253 Å². The van der Waals surface area contributed by atoms with Gasteiger partial charge in [0.25, 0.3) is 0 Å². The minimum Gasteiger partial charge on any atom is -0.305 e. The summed E-state index contributed by atoms with van der Waals surface area (Å²) in [5.41, 5.74) is 21.5. The molecule has 0 amide bonds. The molecule has 109 heavy (non-hydrogen) atoms. The Kier molecular flexibility index (Phi) is 32.4. The molecule has 5 aromatic heterocycles. The van der Waals surface area contributed by atoms with E-state index in [-0.39, 0.29) is 155 Å². The van der Waals surface area contributed by atoms with Gasteiger partial charge in [-0.2, -0.15) is 0 Å². The molecule has 5 heterocycles. The maximum absolute atomic E-state index is 7.96. The van der Waals surface area contributed by atoms with E-state index < -0.39 is 40.4 Å². The average Bonchev–Trinajstić information content (AvgIpc) is 0.788. The predicted molar refractivity (Wildman–Crippen MR) is 463 cm³/mol. The molecule has 0 bridgehead atoms. The quantitative estimate of drug-likeness (QED) is 0.0850. The van der Waals surface area contributed by atoms with Gasteiger partial charge < -0.3 is 24.9 Å². The third kappa shape index (κ3) is 27.7. The van der Waals surface area contributed by atoms with Crippen LogP contribution >= 0.6 is 0 Å². The summed E-state index contributed by atoms with van der Waals surface area (Å²) in [5.74, 6) is 0.500. The number of nitrogens with zero attached hydrogens (tertiary/aromatic N) is 5. The van der Waals surface area contributed by atoms with Crippen molar-refractivity contribution in [3.63, 3.8) is 0 Å². The van der Waals surface area contributed by atoms with Crippen LogP contribution in [0.15, 0.2) is 219 Å². The van der Waals surface area contributed by atoms with E-state index >= 15 is 0 Å². The molecule has 1 fully saturated rings. The largest absolute Gasteiger partial charge is 0.305 e. The van der Waals surface area contributed by atoms with Crippen LogP contribution in [0.1, 0.15) is 89.3 Å². The second-order valence-corrected chi connectivity index (χ2v) is 58.0. The molecule has 15 heteroatoms. The van der Waals surface area contributed by atoms with Crippen LogP contribution in [0, 0.1) is 71.9 Å². The summed E-state index contributed by atoms with van der Waals surface area (Å²) in [6, 6.07) is 59.9. The standard InChI is InChI=1S/C20H20NSi.C20H26NSi.C20H20NSi.2C17H22NSi.5Ir/c1-22(2,3)20-15-21-19(17-12-8-5-9-13-17)14-18(20)16-10-6-4-7-11-16;2*1-22(2,3)18-14-19(16-10-6-4-7-11-16)20(21-15-18)17-12-8-5-9-13-17;1-12-7-13(2)9-15(8-12)16-10-14(3)17(11-18-16)19(4,5)6;1-12-7-13(2)9-15(8-12)17-14(3)10-16(11-18-17)19(4,5)6;;;;;/h4-12,14-15H,1-3H3;5,8-9,12,14-16H,4,6-7,10-11H2,1-3H3;4-12,14-15H,1-3H3;2*7-8,10-11H,1-6H3;;;;;/q5*-1;;;;;/i3*5D,8D,9D;;;;;;;. The van der Waals surface area contributed by atoms with E-state index in [0.717, 1.165) is 50.5 Å². The average molecular weight is 2420 g/mol. The van der Waals surface area contributed by atoms with Gasteiger partial charge in [0.05, 0.1) is 40.4 Å². The first-order chi connectivity index (χ1) is 52.8. The van der Waals surface area contributed by atoms with Crippen molar-refractivity contribution >= 4 is 66.3 Å². The Balaban J connectivity index is 0.000000309. The third-order valence-electron chi connectivity index (χ3n) is 18.6. The van der Waals surface area contributed by atoms with Crippen LogP contribution in [0.5, 0.6) is 0 Å². The molecule has 5 nitrogen and oxygen atoms in total. The molecule has 7 aromatic carbocycles. The SMILES string of the molecule is Cc1[c-]c(-c2cc(C)c([Si](C)(C)C)cn2)cc(C)c1.Cc1[c-]c(-c2ncc([Si](C)(C)C)cc2C)cc(C)c1.[2H]c1[c-]c(-c2cc(-c3ccccc3)c([Si](C)(C)C)cn2)cc([2H])c1[2H].[2H]c1[c-]c(-c2ncc([Si](C)(C)C)cc2-c2ccccc2)cc([2H])c1[2H].[2H]c1[c-]c(-c2ncc([Si](C)(C)C)cc2C2CCCCC2)cc([2H])c1[2H].[Ir].[Ir].[Ir].[Ir].[Ir]. The Morgan fingerprint density at radius 1 is 0.339 bits per heavy atom. The maximum Gasteiger partial charge on any atom is 0.0803 e. The molecule has 1 saturated carbocycles. The van der Waals surface area contributed by atoms with E-state index in [1.807, 2.05) is 73.2 Å². The summed E-state index contributed by atoms with van der Waals surface area (Å²) >= 11 is 0. The van der Waals surface area contributed by atoms with Gasteiger partial charge in [-0.05, 0) is 113 Å². The van der Waals surface area contributed by atoms with Gasteiger partial charge in [0, 0.05) is 140 Å². The minimum atomic E-state index is -1.59. The van der Waals surface area contributed by atoms with Crippen LogP contribution in [0.3, 0.4) is 0 Å². The summed E-state index contributed by atoms with van der Waals surface area (Å²) in [6.07, 6.45) is 16.1. The van der Waals surface area contributed by atoms with Crippen LogP contribution in [0.2, 0.25) is 98.2 Å². The molecular formula is C94H110Ir5N5Si5-5. The van der Waals surface area contributed by atoms with Gasteiger partial charge in [-0.15, -0.1) is 177 Å². The Morgan fingerprint density at radius 3 is 1.22 bits per heavy atom. The van der Waals surface area contributed by atoms with E-state index in [4.69, 9.17) is 22.3 Å². The maximum atomic E-state index is 7.96. The molecule has 13 rings (SSSR count).